The van der Waals surface area contributed by atoms with Gasteiger partial charge in [0.05, 0.1) is 18.5 Å². The van der Waals surface area contributed by atoms with Crippen molar-refractivity contribution < 1.29 is 22.3 Å². The minimum Gasteiger partial charge on any atom is -0.492 e. The van der Waals surface area contributed by atoms with Gasteiger partial charge in [-0.1, -0.05) is 36.4 Å². The van der Waals surface area contributed by atoms with Crippen molar-refractivity contribution in [3.63, 3.8) is 0 Å². The highest BCUT2D eigenvalue weighted by Gasteiger charge is 2.29. The van der Waals surface area contributed by atoms with Crippen molar-refractivity contribution in [1.82, 2.24) is 5.32 Å². The molecule has 0 bridgehead atoms. The molecule has 0 saturated carbocycles. The van der Waals surface area contributed by atoms with Gasteiger partial charge in [0.1, 0.15) is 24.2 Å². The summed E-state index contributed by atoms with van der Waals surface area (Å²) in [5.41, 5.74) is 0.0903. The van der Waals surface area contributed by atoms with Gasteiger partial charge in [-0.25, -0.2) is 12.8 Å². The second-order valence-corrected chi connectivity index (χ2v) is 8.72. The number of benzene rings is 3. The van der Waals surface area contributed by atoms with Gasteiger partial charge < -0.3 is 10.1 Å². The first-order valence-electron chi connectivity index (χ1n) is 9.40. The third kappa shape index (κ3) is 5.27. The van der Waals surface area contributed by atoms with Crippen LogP contribution in [0.3, 0.4) is 0 Å². The number of sulfonamides is 1. The summed E-state index contributed by atoms with van der Waals surface area (Å²) in [7, 11) is -3.80. The Hall–Kier alpha value is -3.13. The molecule has 3 aromatic carbocycles. The van der Waals surface area contributed by atoms with Gasteiger partial charge in [0, 0.05) is 0 Å². The molecule has 0 unspecified atom stereocenters. The zero-order chi connectivity index (χ0) is 21.7. The van der Waals surface area contributed by atoms with Crippen LogP contribution >= 0.6 is 0 Å². The summed E-state index contributed by atoms with van der Waals surface area (Å²) in [6, 6.07) is 17.7. The predicted octanol–water partition coefficient (Wildman–Crippen LogP) is 3.33. The van der Waals surface area contributed by atoms with Crippen LogP contribution in [-0.4, -0.2) is 39.8 Å². The Kier molecular flexibility index (Phi) is 6.56. The van der Waals surface area contributed by atoms with Crippen molar-refractivity contribution in [3.05, 3.63) is 72.5 Å². The minimum atomic E-state index is -3.80. The largest absolute Gasteiger partial charge is 0.492 e. The van der Waals surface area contributed by atoms with Crippen molar-refractivity contribution in [3.8, 4) is 5.75 Å². The molecule has 158 valence electrons. The molecule has 0 aliphatic heterocycles. The summed E-state index contributed by atoms with van der Waals surface area (Å²) in [5.74, 6) is -0.419. The van der Waals surface area contributed by atoms with Crippen LogP contribution in [0.15, 0.2) is 66.7 Å². The van der Waals surface area contributed by atoms with Crippen LogP contribution in [0.25, 0.3) is 10.8 Å². The lowest BCUT2D eigenvalue weighted by Crippen LogP contribution is -2.48. The molecule has 6 nitrogen and oxygen atoms in total. The first kappa shape index (κ1) is 21.6. The molecule has 0 fully saturated rings. The molecule has 0 aromatic heterocycles. The molecule has 0 aliphatic rings. The molecule has 1 N–H and O–H groups in total. The maximum Gasteiger partial charge on any atom is 0.243 e. The van der Waals surface area contributed by atoms with E-state index in [2.05, 4.69) is 5.32 Å². The normalized spacial score (nSPS) is 12.4. The van der Waals surface area contributed by atoms with E-state index in [0.29, 0.717) is 5.75 Å². The molecule has 30 heavy (non-hydrogen) atoms. The second-order valence-electron chi connectivity index (χ2n) is 6.86. The smallest absolute Gasteiger partial charge is 0.243 e. The van der Waals surface area contributed by atoms with Crippen molar-refractivity contribution in [2.45, 2.75) is 13.0 Å². The van der Waals surface area contributed by atoms with Crippen LogP contribution in [-0.2, 0) is 14.8 Å². The predicted molar refractivity (Wildman–Crippen MR) is 116 cm³/mol. The van der Waals surface area contributed by atoms with E-state index in [9.17, 15) is 17.6 Å². The summed E-state index contributed by atoms with van der Waals surface area (Å²) in [5, 5.41) is 4.81. The summed E-state index contributed by atoms with van der Waals surface area (Å²) in [6.45, 7) is 1.86. The Bertz CT molecular complexity index is 1150. The van der Waals surface area contributed by atoms with E-state index < -0.39 is 27.8 Å². The average molecular weight is 431 g/mol. The van der Waals surface area contributed by atoms with Crippen molar-refractivity contribution >= 4 is 32.4 Å². The molecule has 0 aliphatic carbocycles. The van der Waals surface area contributed by atoms with E-state index in [-0.39, 0.29) is 18.8 Å². The van der Waals surface area contributed by atoms with Gasteiger partial charge in [0.25, 0.3) is 0 Å². The molecular weight excluding hydrogens is 407 g/mol. The Balaban J connectivity index is 1.59. The van der Waals surface area contributed by atoms with E-state index in [4.69, 9.17) is 4.74 Å². The van der Waals surface area contributed by atoms with Crippen molar-refractivity contribution in [2.24, 2.45) is 0 Å². The van der Waals surface area contributed by atoms with Gasteiger partial charge in [-0.15, -0.1) is 0 Å². The van der Waals surface area contributed by atoms with E-state index >= 15 is 0 Å². The fourth-order valence-corrected chi connectivity index (χ4v) is 4.34. The number of rotatable bonds is 8. The van der Waals surface area contributed by atoms with E-state index in [0.717, 1.165) is 27.4 Å². The summed E-state index contributed by atoms with van der Waals surface area (Å²) in [4.78, 5) is 12.5. The van der Waals surface area contributed by atoms with E-state index in [1.807, 2.05) is 42.5 Å². The highest BCUT2D eigenvalue weighted by Crippen LogP contribution is 2.22. The van der Waals surface area contributed by atoms with Gasteiger partial charge in [0.2, 0.25) is 15.9 Å². The van der Waals surface area contributed by atoms with Crippen LogP contribution < -0.4 is 14.4 Å². The lowest BCUT2D eigenvalue weighted by Gasteiger charge is -2.28. The number of hydrogen-bond donors (Lipinski definition) is 1. The molecule has 1 amide bonds. The number of nitrogens with one attached hydrogen (secondary N) is 1. The van der Waals surface area contributed by atoms with E-state index in [1.165, 1.54) is 25.1 Å². The number of halogens is 1. The molecule has 0 heterocycles. The number of amides is 1. The Morgan fingerprint density at radius 3 is 2.50 bits per heavy atom. The third-order valence-electron chi connectivity index (χ3n) is 4.54. The number of carbonyl (C=O) groups is 1. The third-order valence-corrected chi connectivity index (χ3v) is 5.78. The fourth-order valence-electron chi connectivity index (χ4n) is 3.17. The summed E-state index contributed by atoms with van der Waals surface area (Å²) in [6.07, 6.45) is 0.977. The number of carbonyl (C=O) groups excluding carboxylic acids is 1. The average Bonchev–Trinajstić information content (AvgIpc) is 2.70. The number of hydrogen-bond acceptors (Lipinski definition) is 4. The van der Waals surface area contributed by atoms with Crippen LogP contribution in [0.4, 0.5) is 10.1 Å². The Labute approximate surface area is 175 Å². The topological polar surface area (TPSA) is 75.7 Å². The SMILES string of the molecule is C[C@H](C(=O)NCCOc1ccc2ccccc2c1)N(c1cccc(F)c1)S(C)(=O)=O. The molecule has 3 aromatic rings. The molecule has 0 saturated heterocycles. The maximum atomic E-state index is 13.5. The maximum absolute atomic E-state index is 13.5. The molecule has 3 rings (SSSR count). The van der Waals surface area contributed by atoms with Gasteiger partial charge in [-0.3, -0.25) is 9.10 Å². The molecule has 1 atom stereocenters. The fraction of sp³-hybridized carbons (Fsp3) is 0.227. The number of nitrogens with zero attached hydrogens (tertiary/aromatic N) is 1. The standard InChI is InChI=1S/C22H23FN2O4S/c1-16(25(30(2,27)28)20-9-5-8-19(23)15-20)22(26)24-12-13-29-21-11-10-17-6-3-4-7-18(17)14-21/h3-11,14-16H,12-13H2,1-2H3,(H,24,26)/t16-/m1/s1. The highest BCUT2D eigenvalue weighted by atomic mass is 32.2. The van der Waals surface area contributed by atoms with Gasteiger partial charge in [0.15, 0.2) is 0 Å². The zero-order valence-electron chi connectivity index (χ0n) is 16.7. The summed E-state index contributed by atoms with van der Waals surface area (Å²) < 4.78 is 44.5. The van der Waals surface area contributed by atoms with Crippen LogP contribution in [0.2, 0.25) is 0 Å². The quantitative estimate of drug-likeness (QED) is 0.556. The number of ether oxygens (including phenoxy) is 1. The van der Waals surface area contributed by atoms with Gasteiger partial charge in [-0.2, -0.15) is 0 Å². The van der Waals surface area contributed by atoms with Gasteiger partial charge >= 0.3 is 0 Å². The molecule has 0 radical (unpaired) electrons. The van der Waals surface area contributed by atoms with Gasteiger partial charge in [-0.05, 0) is 48.0 Å². The van der Waals surface area contributed by atoms with Crippen LogP contribution in [0.5, 0.6) is 5.75 Å². The number of fused-ring (bicyclic) bond motifs is 1. The lowest BCUT2D eigenvalue weighted by molar-refractivity contribution is -0.121. The molecule has 8 heteroatoms. The Morgan fingerprint density at radius 1 is 1.07 bits per heavy atom. The first-order chi connectivity index (χ1) is 14.3. The number of anilines is 1. The first-order valence-corrected chi connectivity index (χ1v) is 11.2. The lowest BCUT2D eigenvalue weighted by atomic mass is 10.1. The minimum absolute atomic E-state index is 0.0903. The highest BCUT2D eigenvalue weighted by molar-refractivity contribution is 7.92. The van der Waals surface area contributed by atoms with E-state index in [1.54, 1.807) is 0 Å². The second kappa shape index (κ2) is 9.13. The van der Waals surface area contributed by atoms with Crippen LogP contribution in [0, 0.1) is 5.82 Å². The monoisotopic (exact) mass is 430 g/mol. The molecule has 0 spiro atoms. The molecular formula is C22H23FN2O4S. The van der Waals surface area contributed by atoms with Crippen molar-refractivity contribution in [2.75, 3.05) is 23.7 Å². The summed E-state index contributed by atoms with van der Waals surface area (Å²) >= 11 is 0. The zero-order valence-corrected chi connectivity index (χ0v) is 17.5. The van der Waals surface area contributed by atoms with Crippen LogP contribution in [0.1, 0.15) is 6.92 Å². The Morgan fingerprint density at radius 2 is 1.80 bits per heavy atom. The van der Waals surface area contributed by atoms with Crippen molar-refractivity contribution in [1.29, 1.82) is 0 Å².